The van der Waals surface area contributed by atoms with Gasteiger partial charge in [0.1, 0.15) is 5.75 Å². The van der Waals surface area contributed by atoms with Crippen LogP contribution in [0.3, 0.4) is 0 Å². The molecule has 0 bridgehead atoms. The van der Waals surface area contributed by atoms with E-state index < -0.39 is 5.97 Å². The molecule has 1 saturated carbocycles. The van der Waals surface area contributed by atoms with E-state index in [-0.39, 0.29) is 18.5 Å². The second-order valence-corrected chi connectivity index (χ2v) is 10.1. The number of hydrogen-bond donors (Lipinski definition) is 2. The van der Waals surface area contributed by atoms with E-state index in [2.05, 4.69) is 6.92 Å². The summed E-state index contributed by atoms with van der Waals surface area (Å²) in [5, 5.41) is 0. The van der Waals surface area contributed by atoms with E-state index in [9.17, 15) is 9.59 Å². The minimum absolute atomic E-state index is 0.00615. The Kier molecular flexibility index (Phi) is 11.5. The summed E-state index contributed by atoms with van der Waals surface area (Å²) < 4.78 is 10.9. The highest BCUT2D eigenvalue weighted by Gasteiger charge is 2.27. The third kappa shape index (κ3) is 9.95. The lowest BCUT2D eigenvalue weighted by molar-refractivity contribution is -0.140. The van der Waals surface area contributed by atoms with E-state index in [4.69, 9.17) is 20.9 Å². The quantitative estimate of drug-likeness (QED) is 0.103. The fourth-order valence-corrected chi connectivity index (χ4v) is 4.89. The van der Waals surface area contributed by atoms with Crippen LogP contribution in [0.2, 0.25) is 0 Å². The number of benzene rings is 2. The first kappa shape index (κ1) is 28.3. The van der Waals surface area contributed by atoms with Crippen molar-refractivity contribution in [1.29, 1.82) is 0 Å². The molecule has 6 nitrogen and oxygen atoms in total. The lowest BCUT2D eigenvalue weighted by Crippen LogP contribution is -2.25. The normalized spacial score (nSPS) is 17.5. The highest BCUT2D eigenvalue weighted by molar-refractivity contribution is 5.87. The number of nitrogens with two attached hydrogens (primary N) is 2. The predicted octanol–water partition coefficient (Wildman–Crippen LogP) is 6.72. The average molecular weight is 507 g/mol. The van der Waals surface area contributed by atoms with Gasteiger partial charge in [0.2, 0.25) is 0 Å². The van der Waals surface area contributed by atoms with Gasteiger partial charge in [-0.15, -0.1) is 0 Å². The second-order valence-electron chi connectivity index (χ2n) is 10.1. The van der Waals surface area contributed by atoms with Gasteiger partial charge < -0.3 is 20.9 Å². The molecule has 0 unspecified atom stereocenters. The fraction of sp³-hybridized carbons (Fsp3) is 0.484. The van der Waals surface area contributed by atoms with E-state index in [1.54, 1.807) is 36.4 Å². The van der Waals surface area contributed by atoms with Gasteiger partial charge in [0.15, 0.2) is 0 Å². The molecular weight excluding hydrogens is 464 g/mol. The number of carbonyl (C=O) groups is 2. The SMILES string of the molecule is CCCCCCCC1CCC(C(=O)Oc2ccc(/C=C/C(=O)OCCc3cc(N)ccc3N)cc2)CC1. The van der Waals surface area contributed by atoms with Crippen LogP contribution in [-0.4, -0.2) is 18.5 Å². The molecule has 0 aromatic heterocycles. The Hall–Kier alpha value is -3.28. The Morgan fingerprint density at radius 3 is 2.41 bits per heavy atom. The number of esters is 2. The summed E-state index contributed by atoms with van der Waals surface area (Å²) in [6.45, 7) is 2.46. The van der Waals surface area contributed by atoms with Gasteiger partial charge in [0.05, 0.1) is 12.5 Å². The minimum atomic E-state index is -0.436. The Morgan fingerprint density at radius 2 is 1.68 bits per heavy atom. The number of carbonyl (C=O) groups excluding carboxylic acids is 2. The predicted molar refractivity (Wildman–Crippen MR) is 150 cm³/mol. The first-order valence-corrected chi connectivity index (χ1v) is 13.7. The van der Waals surface area contributed by atoms with Crippen LogP contribution in [0.5, 0.6) is 5.75 Å². The molecule has 1 aliphatic rings. The van der Waals surface area contributed by atoms with E-state index >= 15 is 0 Å². The summed E-state index contributed by atoms with van der Waals surface area (Å²) in [4.78, 5) is 24.7. The maximum absolute atomic E-state index is 12.6. The molecule has 2 aromatic rings. The monoisotopic (exact) mass is 506 g/mol. The van der Waals surface area contributed by atoms with Gasteiger partial charge in [-0.2, -0.15) is 0 Å². The van der Waals surface area contributed by atoms with Crippen LogP contribution >= 0.6 is 0 Å². The number of nitrogen functional groups attached to an aromatic ring is 2. The average Bonchev–Trinajstić information content (AvgIpc) is 2.90. The van der Waals surface area contributed by atoms with Crippen molar-refractivity contribution < 1.29 is 19.1 Å². The largest absolute Gasteiger partial charge is 0.462 e. The van der Waals surface area contributed by atoms with Crippen LogP contribution in [0.25, 0.3) is 6.08 Å². The molecule has 0 amide bonds. The van der Waals surface area contributed by atoms with Gasteiger partial charge in [-0.25, -0.2) is 4.79 Å². The second kappa shape index (κ2) is 15.1. The maximum atomic E-state index is 12.6. The third-order valence-corrected chi connectivity index (χ3v) is 7.19. The molecule has 0 saturated heterocycles. The van der Waals surface area contributed by atoms with Gasteiger partial charge in [-0.05, 0) is 79.1 Å². The van der Waals surface area contributed by atoms with Gasteiger partial charge >= 0.3 is 11.9 Å². The molecule has 200 valence electrons. The Bertz CT molecular complexity index is 1020. The molecule has 1 fully saturated rings. The number of rotatable bonds is 13. The zero-order chi connectivity index (χ0) is 26.5. The first-order chi connectivity index (χ1) is 17.9. The topological polar surface area (TPSA) is 105 Å². The van der Waals surface area contributed by atoms with Crippen molar-refractivity contribution >= 4 is 29.4 Å². The molecule has 0 heterocycles. The number of anilines is 2. The Morgan fingerprint density at radius 1 is 0.946 bits per heavy atom. The molecule has 0 spiro atoms. The highest BCUT2D eigenvalue weighted by atomic mass is 16.5. The summed E-state index contributed by atoms with van der Waals surface area (Å²) in [6, 6.07) is 12.4. The van der Waals surface area contributed by atoms with E-state index in [1.807, 2.05) is 12.1 Å². The van der Waals surface area contributed by atoms with Crippen LogP contribution in [0.4, 0.5) is 11.4 Å². The van der Waals surface area contributed by atoms with Gasteiger partial charge in [0.25, 0.3) is 0 Å². The summed E-state index contributed by atoms with van der Waals surface area (Å²) in [5.74, 6) is 0.721. The van der Waals surface area contributed by atoms with E-state index in [0.29, 0.717) is 23.5 Å². The van der Waals surface area contributed by atoms with Gasteiger partial charge in [-0.1, -0.05) is 57.6 Å². The Balaban J connectivity index is 1.35. The molecule has 0 atom stereocenters. The van der Waals surface area contributed by atoms with Crippen LogP contribution < -0.4 is 16.2 Å². The summed E-state index contributed by atoms with van der Waals surface area (Å²) in [6.07, 6.45) is 15.6. The van der Waals surface area contributed by atoms with Crippen LogP contribution in [0.15, 0.2) is 48.5 Å². The molecule has 0 aliphatic heterocycles. The molecule has 0 radical (unpaired) electrons. The minimum Gasteiger partial charge on any atom is -0.462 e. The molecule has 2 aromatic carbocycles. The lowest BCUT2D eigenvalue weighted by atomic mass is 9.80. The van der Waals surface area contributed by atoms with Gasteiger partial charge in [0, 0.05) is 23.9 Å². The summed E-state index contributed by atoms with van der Waals surface area (Å²) >= 11 is 0. The summed E-state index contributed by atoms with van der Waals surface area (Å²) in [7, 11) is 0. The zero-order valence-electron chi connectivity index (χ0n) is 22.1. The number of unbranched alkanes of at least 4 members (excludes halogenated alkanes) is 4. The molecule has 1 aliphatic carbocycles. The van der Waals surface area contributed by atoms with Crippen LogP contribution in [0.1, 0.15) is 82.3 Å². The smallest absolute Gasteiger partial charge is 0.330 e. The van der Waals surface area contributed by atoms with Crippen LogP contribution in [-0.2, 0) is 20.7 Å². The van der Waals surface area contributed by atoms with Crippen molar-refractivity contribution in [2.45, 2.75) is 77.6 Å². The molecular formula is C31H42N2O4. The molecule has 37 heavy (non-hydrogen) atoms. The van der Waals surface area contributed by atoms with Crippen molar-refractivity contribution in [2.24, 2.45) is 11.8 Å². The number of ether oxygens (including phenoxy) is 2. The zero-order valence-corrected chi connectivity index (χ0v) is 22.1. The first-order valence-electron chi connectivity index (χ1n) is 13.7. The Labute approximate surface area is 221 Å². The van der Waals surface area contributed by atoms with E-state index in [1.165, 1.54) is 44.6 Å². The third-order valence-electron chi connectivity index (χ3n) is 7.19. The van der Waals surface area contributed by atoms with Crippen molar-refractivity contribution in [3.63, 3.8) is 0 Å². The van der Waals surface area contributed by atoms with Crippen molar-refractivity contribution in [2.75, 3.05) is 18.1 Å². The van der Waals surface area contributed by atoms with Gasteiger partial charge in [-0.3, -0.25) is 4.79 Å². The molecule has 6 heteroatoms. The fourth-order valence-electron chi connectivity index (χ4n) is 4.89. The standard InChI is InChI=1S/C31H42N2O4/c1-2-3-4-5-6-7-23-8-13-25(14-9-23)31(35)37-28-16-10-24(11-17-28)12-19-30(34)36-21-20-26-22-27(32)15-18-29(26)33/h10-12,15-19,22-23,25H,2-9,13-14,20-21,32-33H2,1H3/b19-12+. The summed E-state index contributed by atoms with van der Waals surface area (Å²) in [5.41, 5.74) is 14.6. The molecule has 4 N–H and O–H groups in total. The van der Waals surface area contributed by atoms with Crippen molar-refractivity contribution in [3.05, 3.63) is 59.7 Å². The number of hydrogen-bond acceptors (Lipinski definition) is 6. The molecule has 3 rings (SSSR count). The van der Waals surface area contributed by atoms with Crippen LogP contribution in [0, 0.1) is 11.8 Å². The highest BCUT2D eigenvalue weighted by Crippen LogP contribution is 2.33. The van der Waals surface area contributed by atoms with Crippen molar-refractivity contribution in [3.8, 4) is 5.75 Å². The lowest BCUT2D eigenvalue weighted by Gasteiger charge is -2.27. The van der Waals surface area contributed by atoms with E-state index in [0.717, 1.165) is 42.7 Å². The van der Waals surface area contributed by atoms with Crippen molar-refractivity contribution in [1.82, 2.24) is 0 Å². The maximum Gasteiger partial charge on any atom is 0.330 e.